The fraction of sp³-hybridized carbons (Fsp3) is 0.471. The predicted molar refractivity (Wildman–Crippen MR) is 93.4 cm³/mol. The third-order valence-electron chi connectivity index (χ3n) is 3.26. The zero-order chi connectivity index (χ0) is 17.2. The molecule has 0 atom stereocenters. The van der Waals surface area contributed by atoms with Crippen LogP contribution in [0.25, 0.3) is 0 Å². The van der Waals surface area contributed by atoms with Gasteiger partial charge in [0.25, 0.3) is 0 Å². The second-order valence-electron chi connectivity index (χ2n) is 5.54. The van der Waals surface area contributed by atoms with Gasteiger partial charge in [-0.25, -0.2) is 0 Å². The first-order valence-electron chi connectivity index (χ1n) is 8.14. The molecule has 2 N–H and O–H groups in total. The lowest BCUT2D eigenvalue weighted by molar-refractivity contribution is 0.322. The van der Waals surface area contributed by atoms with Crippen molar-refractivity contribution in [3.8, 4) is 5.75 Å². The fourth-order valence-electron chi connectivity index (χ4n) is 1.97. The van der Waals surface area contributed by atoms with Gasteiger partial charge in [0.15, 0.2) is 11.8 Å². The molecular weight excluding hydrogens is 306 g/mol. The molecule has 1 aromatic carbocycles. The molecule has 0 aliphatic carbocycles. The van der Waals surface area contributed by atoms with Crippen LogP contribution >= 0.6 is 0 Å². The zero-order valence-corrected chi connectivity index (χ0v) is 14.5. The Balaban J connectivity index is 1.63. The number of nitrogens with zero attached hydrogens (tertiary/aromatic N) is 3. The highest BCUT2D eigenvalue weighted by atomic mass is 16.5. The van der Waals surface area contributed by atoms with Gasteiger partial charge in [-0.15, -0.1) is 0 Å². The van der Waals surface area contributed by atoms with E-state index < -0.39 is 0 Å². The Hall–Kier alpha value is -2.57. The molecule has 0 aliphatic heterocycles. The van der Waals surface area contributed by atoms with Gasteiger partial charge >= 0.3 is 0 Å². The highest BCUT2D eigenvalue weighted by Crippen LogP contribution is 2.09. The van der Waals surface area contributed by atoms with Crippen molar-refractivity contribution in [1.82, 2.24) is 20.8 Å². The van der Waals surface area contributed by atoms with Crippen LogP contribution in [0.4, 0.5) is 0 Å². The first-order chi connectivity index (χ1) is 11.7. The molecule has 0 saturated carbocycles. The minimum atomic E-state index is 0.273. The first-order valence-corrected chi connectivity index (χ1v) is 8.14. The van der Waals surface area contributed by atoms with Crippen LogP contribution in [0, 0.1) is 0 Å². The highest BCUT2D eigenvalue weighted by Gasteiger charge is 2.09. The van der Waals surface area contributed by atoms with Crippen LogP contribution < -0.4 is 15.4 Å². The summed E-state index contributed by atoms with van der Waals surface area (Å²) in [7, 11) is 1.73. The van der Waals surface area contributed by atoms with E-state index in [-0.39, 0.29) is 5.92 Å². The standard InChI is InChI=1S/C17H25N5O2/c1-13(2)16-21-15(24-22-16)9-10-19-17(18-3)20-11-12-23-14-7-5-4-6-8-14/h4-8,13H,9-12H2,1-3H3,(H2,18,19,20). The van der Waals surface area contributed by atoms with Crippen molar-refractivity contribution >= 4 is 5.96 Å². The fourth-order valence-corrected chi connectivity index (χ4v) is 1.97. The lowest BCUT2D eigenvalue weighted by atomic mass is 10.2. The monoisotopic (exact) mass is 331 g/mol. The van der Waals surface area contributed by atoms with Crippen molar-refractivity contribution in [2.45, 2.75) is 26.2 Å². The molecule has 130 valence electrons. The number of nitrogens with one attached hydrogen (secondary N) is 2. The van der Waals surface area contributed by atoms with Crippen LogP contribution in [-0.4, -0.2) is 42.8 Å². The van der Waals surface area contributed by atoms with Crippen molar-refractivity contribution in [2.24, 2.45) is 4.99 Å². The van der Waals surface area contributed by atoms with Crippen molar-refractivity contribution in [2.75, 3.05) is 26.7 Å². The maximum absolute atomic E-state index is 5.62. The van der Waals surface area contributed by atoms with Crippen LogP contribution in [0.15, 0.2) is 39.8 Å². The number of benzene rings is 1. The van der Waals surface area contributed by atoms with Gasteiger partial charge in [0.1, 0.15) is 12.4 Å². The molecule has 7 heteroatoms. The summed E-state index contributed by atoms with van der Waals surface area (Å²) in [5.41, 5.74) is 0. The molecule has 2 rings (SSSR count). The molecule has 24 heavy (non-hydrogen) atoms. The number of para-hydroxylation sites is 1. The van der Waals surface area contributed by atoms with Gasteiger partial charge in [-0.05, 0) is 12.1 Å². The van der Waals surface area contributed by atoms with Crippen LogP contribution in [0.3, 0.4) is 0 Å². The maximum Gasteiger partial charge on any atom is 0.228 e. The molecule has 7 nitrogen and oxygen atoms in total. The summed E-state index contributed by atoms with van der Waals surface area (Å²) in [6.45, 7) is 5.96. The second-order valence-corrected chi connectivity index (χ2v) is 5.54. The molecule has 0 saturated heterocycles. The minimum absolute atomic E-state index is 0.273. The number of ether oxygens (including phenoxy) is 1. The van der Waals surface area contributed by atoms with Crippen molar-refractivity contribution in [1.29, 1.82) is 0 Å². The van der Waals surface area contributed by atoms with Crippen LogP contribution in [0.1, 0.15) is 31.5 Å². The molecule has 0 amide bonds. The Bertz CT molecular complexity index is 625. The van der Waals surface area contributed by atoms with Crippen molar-refractivity contribution < 1.29 is 9.26 Å². The average Bonchev–Trinajstić information content (AvgIpc) is 3.07. The van der Waals surface area contributed by atoms with Gasteiger partial charge in [0, 0.05) is 25.9 Å². The van der Waals surface area contributed by atoms with Gasteiger partial charge < -0.3 is 19.9 Å². The van der Waals surface area contributed by atoms with E-state index in [1.54, 1.807) is 7.05 Å². The summed E-state index contributed by atoms with van der Waals surface area (Å²) in [6, 6.07) is 9.73. The lowest BCUT2D eigenvalue weighted by Gasteiger charge is -2.11. The molecular formula is C17H25N5O2. The summed E-state index contributed by atoms with van der Waals surface area (Å²) in [5, 5.41) is 10.4. The molecule has 0 spiro atoms. The Labute approximate surface area is 142 Å². The number of guanidine groups is 1. The smallest absolute Gasteiger partial charge is 0.228 e. The molecule has 0 fully saturated rings. The number of rotatable bonds is 8. The van der Waals surface area contributed by atoms with E-state index in [1.807, 2.05) is 44.2 Å². The number of hydrogen-bond donors (Lipinski definition) is 2. The SMILES string of the molecule is CN=C(NCCOc1ccccc1)NCCc1nc(C(C)C)no1. The Morgan fingerprint density at radius 2 is 1.96 bits per heavy atom. The zero-order valence-electron chi connectivity index (χ0n) is 14.5. The van der Waals surface area contributed by atoms with E-state index in [9.17, 15) is 0 Å². The van der Waals surface area contributed by atoms with E-state index in [1.165, 1.54) is 0 Å². The van der Waals surface area contributed by atoms with E-state index in [2.05, 4.69) is 25.8 Å². The third-order valence-corrected chi connectivity index (χ3v) is 3.26. The van der Waals surface area contributed by atoms with Crippen LogP contribution in [0.5, 0.6) is 5.75 Å². The van der Waals surface area contributed by atoms with Crippen LogP contribution in [0.2, 0.25) is 0 Å². The first kappa shape index (κ1) is 17.8. The van der Waals surface area contributed by atoms with Gasteiger partial charge in [-0.2, -0.15) is 4.98 Å². The molecule has 0 bridgehead atoms. The molecule has 2 aromatic rings. The van der Waals surface area contributed by atoms with Gasteiger partial charge in [-0.1, -0.05) is 37.2 Å². The van der Waals surface area contributed by atoms with Crippen molar-refractivity contribution in [3.05, 3.63) is 42.0 Å². The Morgan fingerprint density at radius 3 is 2.62 bits per heavy atom. The largest absolute Gasteiger partial charge is 0.492 e. The molecule has 1 aromatic heterocycles. The topological polar surface area (TPSA) is 84.6 Å². The average molecular weight is 331 g/mol. The van der Waals surface area contributed by atoms with Gasteiger partial charge in [0.2, 0.25) is 5.89 Å². The molecule has 1 heterocycles. The summed E-state index contributed by atoms with van der Waals surface area (Å²) in [5.74, 6) is 3.23. The second kappa shape index (κ2) is 9.54. The minimum Gasteiger partial charge on any atom is -0.492 e. The number of hydrogen-bond acceptors (Lipinski definition) is 5. The van der Waals surface area contributed by atoms with E-state index >= 15 is 0 Å². The summed E-state index contributed by atoms with van der Waals surface area (Å²) in [4.78, 5) is 8.51. The quantitative estimate of drug-likeness (QED) is 0.437. The van der Waals surface area contributed by atoms with E-state index in [4.69, 9.17) is 9.26 Å². The van der Waals surface area contributed by atoms with Gasteiger partial charge in [-0.3, -0.25) is 4.99 Å². The predicted octanol–water partition coefficient (Wildman–Crippen LogP) is 1.98. The maximum atomic E-state index is 5.62. The molecule has 0 aliphatic rings. The van der Waals surface area contributed by atoms with Crippen LogP contribution in [-0.2, 0) is 6.42 Å². The van der Waals surface area contributed by atoms with Crippen molar-refractivity contribution in [3.63, 3.8) is 0 Å². The Kier molecular flexibility index (Phi) is 7.07. The lowest BCUT2D eigenvalue weighted by Crippen LogP contribution is -2.40. The highest BCUT2D eigenvalue weighted by molar-refractivity contribution is 5.79. The number of aromatic nitrogens is 2. The van der Waals surface area contributed by atoms with E-state index in [0.29, 0.717) is 32.0 Å². The molecule has 0 unspecified atom stereocenters. The number of aliphatic imine (C=N–C) groups is 1. The summed E-state index contributed by atoms with van der Waals surface area (Å²) >= 11 is 0. The molecule has 0 radical (unpaired) electrons. The van der Waals surface area contributed by atoms with E-state index in [0.717, 1.165) is 17.5 Å². The normalized spacial score (nSPS) is 11.6. The van der Waals surface area contributed by atoms with Gasteiger partial charge in [0.05, 0.1) is 6.54 Å². The third kappa shape index (κ3) is 5.91. The summed E-state index contributed by atoms with van der Waals surface area (Å²) in [6.07, 6.45) is 0.654. The summed E-state index contributed by atoms with van der Waals surface area (Å²) < 4.78 is 10.8. The Morgan fingerprint density at radius 1 is 1.21 bits per heavy atom.